The largest absolute Gasteiger partial charge is 0.346 e. The fourth-order valence-electron chi connectivity index (χ4n) is 2.36. The molecule has 23 heavy (non-hydrogen) atoms. The van der Waals surface area contributed by atoms with E-state index in [4.69, 9.17) is 0 Å². The van der Waals surface area contributed by atoms with Crippen molar-refractivity contribution in [2.45, 2.75) is 24.9 Å². The predicted octanol–water partition coefficient (Wildman–Crippen LogP) is 4.00. The molecular formula is C16H16N4O2S. The van der Waals surface area contributed by atoms with Gasteiger partial charge in [-0.15, -0.1) is 0 Å². The maximum Gasteiger partial charge on any atom is 0.269 e. The molecule has 0 saturated carbocycles. The van der Waals surface area contributed by atoms with Gasteiger partial charge in [-0.25, -0.2) is 9.98 Å². The molecule has 1 aromatic heterocycles. The first-order chi connectivity index (χ1) is 11.2. The minimum absolute atomic E-state index is 0.0719. The van der Waals surface area contributed by atoms with Crippen molar-refractivity contribution >= 4 is 28.3 Å². The molecule has 0 radical (unpaired) electrons. The molecule has 0 amide bonds. The van der Waals surface area contributed by atoms with E-state index >= 15 is 0 Å². The average Bonchev–Trinajstić information content (AvgIpc) is 2.56. The van der Waals surface area contributed by atoms with Gasteiger partial charge in [0.1, 0.15) is 5.03 Å². The van der Waals surface area contributed by atoms with E-state index in [1.807, 2.05) is 6.07 Å². The third-order valence-corrected chi connectivity index (χ3v) is 4.54. The van der Waals surface area contributed by atoms with Crippen molar-refractivity contribution in [3.63, 3.8) is 0 Å². The van der Waals surface area contributed by atoms with Crippen molar-refractivity contribution < 1.29 is 4.92 Å². The molecule has 0 N–H and O–H groups in total. The number of rotatable bonds is 4. The highest BCUT2D eigenvalue weighted by molar-refractivity contribution is 8.13. The normalized spacial score (nSPS) is 15.5. The number of aromatic nitrogens is 1. The van der Waals surface area contributed by atoms with E-state index in [1.165, 1.54) is 17.7 Å². The van der Waals surface area contributed by atoms with Crippen LogP contribution in [0.25, 0.3) is 0 Å². The summed E-state index contributed by atoms with van der Waals surface area (Å²) >= 11 is 1.54. The lowest BCUT2D eigenvalue weighted by Gasteiger charge is -2.30. The third kappa shape index (κ3) is 3.50. The van der Waals surface area contributed by atoms with Crippen LogP contribution in [0, 0.1) is 10.1 Å². The van der Waals surface area contributed by atoms with Gasteiger partial charge in [-0.1, -0.05) is 13.0 Å². The molecule has 0 bridgehead atoms. The highest BCUT2D eigenvalue weighted by atomic mass is 32.2. The van der Waals surface area contributed by atoms with Gasteiger partial charge in [0, 0.05) is 37.0 Å². The van der Waals surface area contributed by atoms with Gasteiger partial charge in [-0.2, -0.15) is 0 Å². The average molecular weight is 328 g/mol. The highest BCUT2D eigenvalue weighted by Gasteiger charge is 2.22. The van der Waals surface area contributed by atoms with E-state index < -0.39 is 4.92 Å². The number of benzene rings is 1. The van der Waals surface area contributed by atoms with E-state index in [0.29, 0.717) is 5.69 Å². The van der Waals surface area contributed by atoms with E-state index in [1.54, 1.807) is 30.1 Å². The number of thioether (sulfide) groups is 1. The first-order valence-corrected chi connectivity index (χ1v) is 8.19. The topological polar surface area (TPSA) is 71.6 Å². The molecule has 2 aromatic rings. The molecule has 1 aliphatic rings. The van der Waals surface area contributed by atoms with Crippen molar-refractivity contribution in [1.29, 1.82) is 0 Å². The van der Waals surface area contributed by atoms with Crippen LogP contribution >= 0.6 is 11.8 Å². The summed E-state index contributed by atoms with van der Waals surface area (Å²) < 4.78 is 0. The van der Waals surface area contributed by atoms with E-state index in [-0.39, 0.29) is 5.69 Å². The molecule has 0 unspecified atom stereocenters. The summed E-state index contributed by atoms with van der Waals surface area (Å²) in [7, 11) is 0. The van der Waals surface area contributed by atoms with Gasteiger partial charge in [-0.05, 0) is 36.4 Å². The van der Waals surface area contributed by atoms with Gasteiger partial charge in [0.25, 0.3) is 5.69 Å². The zero-order valence-corrected chi connectivity index (χ0v) is 13.5. The second kappa shape index (κ2) is 6.78. The second-order valence-corrected chi connectivity index (χ2v) is 6.12. The molecule has 2 heterocycles. The van der Waals surface area contributed by atoms with Gasteiger partial charge in [0.2, 0.25) is 0 Å². The molecule has 0 spiro atoms. The number of nitrogens with zero attached hydrogens (tertiary/aromatic N) is 4. The van der Waals surface area contributed by atoms with Crippen molar-refractivity contribution in [2.75, 3.05) is 6.54 Å². The zero-order chi connectivity index (χ0) is 16.2. The lowest BCUT2D eigenvalue weighted by Crippen LogP contribution is -2.32. The van der Waals surface area contributed by atoms with Crippen LogP contribution in [0.5, 0.6) is 0 Å². The summed E-state index contributed by atoms with van der Waals surface area (Å²) in [6.07, 6.45) is 2.81. The number of amidine groups is 1. The smallest absolute Gasteiger partial charge is 0.269 e. The Balaban J connectivity index is 1.90. The number of nitro benzene ring substituents is 1. The lowest BCUT2D eigenvalue weighted by atomic mass is 10.2. The Bertz CT molecular complexity index is 746. The number of hydrogen-bond acceptors (Lipinski definition) is 5. The number of non-ortho nitro benzene ring substituents is 1. The second-order valence-electron chi connectivity index (χ2n) is 5.16. The Morgan fingerprint density at radius 3 is 2.83 bits per heavy atom. The van der Waals surface area contributed by atoms with E-state index in [9.17, 15) is 10.1 Å². The minimum atomic E-state index is -0.407. The van der Waals surface area contributed by atoms with Crippen LogP contribution in [0.4, 0.5) is 11.4 Å². The van der Waals surface area contributed by atoms with Crippen LogP contribution in [0.15, 0.2) is 52.6 Å². The van der Waals surface area contributed by atoms with Crippen LogP contribution in [0.2, 0.25) is 0 Å². The Morgan fingerprint density at radius 1 is 1.35 bits per heavy atom. The minimum Gasteiger partial charge on any atom is -0.346 e. The van der Waals surface area contributed by atoms with Crippen molar-refractivity contribution in [1.82, 2.24) is 9.88 Å². The molecule has 0 aliphatic carbocycles. The molecule has 1 aliphatic heterocycles. The predicted molar refractivity (Wildman–Crippen MR) is 91.0 cm³/mol. The molecule has 0 saturated heterocycles. The molecule has 3 rings (SSSR count). The van der Waals surface area contributed by atoms with E-state index in [2.05, 4.69) is 27.9 Å². The SMILES string of the molecule is CCCN1Cc2cccnc2SC1=Nc1ccc([N+](=O)[O-])cc1. The number of nitro groups is 1. The molecule has 0 fully saturated rings. The van der Waals surface area contributed by atoms with Gasteiger partial charge in [-0.3, -0.25) is 10.1 Å². The summed E-state index contributed by atoms with van der Waals surface area (Å²) in [5.41, 5.74) is 1.98. The van der Waals surface area contributed by atoms with Crippen molar-refractivity contribution in [2.24, 2.45) is 4.99 Å². The number of fused-ring (bicyclic) bond motifs is 1. The Kier molecular flexibility index (Phi) is 4.57. The molecule has 0 atom stereocenters. The van der Waals surface area contributed by atoms with Crippen LogP contribution < -0.4 is 0 Å². The first kappa shape index (κ1) is 15.5. The number of hydrogen-bond donors (Lipinski definition) is 0. The van der Waals surface area contributed by atoms with Crippen molar-refractivity contribution in [3.05, 3.63) is 58.3 Å². The standard InChI is InChI=1S/C16H16N4O2S/c1-2-10-19-11-12-4-3-9-17-15(12)23-16(19)18-13-5-7-14(8-6-13)20(21)22/h3-9H,2,10-11H2,1H3. The van der Waals surface area contributed by atoms with Gasteiger partial charge < -0.3 is 4.90 Å². The van der Waals surface area contributed by atoms with Gasteiger partial charge in [0.15, 0.2) is 5.17 Å². The maximum atomic E-state index is 10.7. The quantitative estimate of drug-likeness (QED) is 0.627. The molecule has 118 valence electrons. The summed E-state index contributed by atoms with van der Waals surface area (Å²) in [6.45, 7) is 3.83. The monoisotopic (exact) mass is 328 g/mol. The highest BCUT2D eigenvalue weighted by Crippen LogP contribution is 2.32. The van der Waals surface area contributed by atoms with Crippen molar-refractivity contribution in [3.8, 4) is 0 Å². The molecular weight excluding hydrogens is 312 g/mol. The van der Waals surface area contributed by atoms with Crippen LogP contribution in [0.1, 0.15) is 18.9 Å². The Hall–Kier alpha value is -2.41. The third-order valence-electron chi connectivity index (χ3n) is 3.45. The summed E-state index contributed by atoms with van der Waals surface area (Å²) in [5.74, 6) is 0. The Labute approximate surface area is 138 Å². The zero-order valence-electron chi connectivity index (χ0n) is 12.7. The molecule has 6 nitrogen and oxygen atoms in total. The lowest BCUT2D eigenvalue weighted by molar-refractivity contribution is -0.384. The van der Waals surface area contributed by atoms with Gasteiger partial charge >= 0.3 is 0 Å². The van der Waals surface area contributed by atoms with E-state index in [0.717, 1.165) is 29.7 Å². The van der Waals surface area contributed by atoms with Crippen LogP contribution in [-0.4, -0.2) is 26.5 Å². The summed E-state index contributed by atoms with van der Waals surface area (Å²) in [4.78, 5) is 21.6. The van der Waals surface area contributed by atoms with Crippen LogP contribution in [-0.2, 0) is 6.54 Å². The number of pyridine rings is 1. The fraction of sp³-hybridized carbons (Fsp3) is 0.250. The maximum absolute atomic E-state index is 10.7. The molecule has 1 aromatic carbocycles. The first-order valence-electron chi connectivity index (χ1n) is 7.37. The Morgan fingerprint density at radius 2 is 2.13 bits per heavy atom. The summed E-state index contributed by atoms with van der Waals surface area (Å²) in [6, 6.07) is 10.3. The molecule has 7 heteroatoms. The van der Waals surface area contributed by atoms with Gasteiger partial charge in [0.05, 0.1) is 10.6 Å². The fourth-order valence-corrected chi connectivity index (χ4v) is 3.34. The number of aliphatic imine (C=N–C) groups is 1. The van der Waals surface area contributed by atoms with Crippen LogP contribution in [0.3, 0.4) is 0 Å². The summed E-state index contributed by atoms with van der Waals surface area (Å²) in [5, 5.41) is 12.6.